The second-order valence-corrected chi connectivity index (χ2v) is 7.30. The molecule has 0 bridgehead atoms. The number of benzene rings is 1. The maximum atomic E-state index is 6.30. The van der Waals surface area contributed by atoms with E-state index in [1.54, 1.807) is 6.26 Å². The lowest BCUT2D eigenvalue weighted by Crippen LogP contribution is -2.38. The fraction of sp³-hybridized carbons (Fsp3) is 0.500. The maximum Gasteiger partial charge on any atom is 0.226 e. The first-order chi connectivity index (χ1) is 11.2. The molecule has 2 aromatic rings. The summed E-state index contributed by atoms with van der Waals surface area (Å²) in [5, 5.41) is 0.694. The van der Waals surface area contributed by atoms with E-state index in [0.29, 0.717) is 22.9 Å². The molecule has 4 nitrogen and oxygen atoms in total. The van der Waals surface area contributed by atoms with Gasteiger partial charge in [0.1, 0.15) is 6.26 Å². The molecule has 130 valence electrons. The van der Waals surface area contributed by atoms with E-state index in [1.807, 2.05) is 24.3 Å². The summed E-state index contributed by atoms with van der Waals surface area (Å²) < 4.78 is 5.63. The van der Waals surface area contributed by atoms with Crippen molar-refractivity contribution in [1.29, 1.82) is 0 Å². The summed E-state index contributed by atoms with van der Waals surface area (Å²) in [7, 11) is 0. The van der Waals surface area contributed by atoms with Gasteiger partial charge in [-0.05, 0) is 42.9 Å². The molecule has 1 saturated heterocycles. The van der Waals surface area contributed by atoms with E-state index in [9.17, 15) is 0 Å². The van der Waals surface area contributed by atoms with E-state index >= 15 is 0 Å². The van der Waals surface area contributed by atoms with Gasteiger partial charge in [-0.15, -0.1) is 12.4 Å². The minimum absolute atomic E-state index is 0. The van der Waals surface area contributed by atoms with Crippen LogP contribution in [0.2, 0.25) is 5.02 Å². The van der Waals surface area contributed by atoms with Gasteiger partial charge >= 0.3 is 0 Å². The van der Waals surface area contributed by atoms with Crippen molar-refractivity contribution in [2.45, 2.75) is 31.8 Å². The molecule has 2 aliphatic rings. The largest absolute Gasteiger partial charge is 0.444 e. The Hall–Kier alpha value is -1.07. The molecule has 1 aromatic heterocycles. The first kappa shape index (κ1) is 17.7. The van der Waals surface area contributed by atoms with Crippen LogP contribution in [-0.2, 0) is 6.54 Å². The fourth-order valence-corrected chi connectivity index (χ4v) is 4.29. The highest BCUT2D eigenvalue weighted by atomic mass is 35.5. The Balaban J connectivity index is 0.00000169. The number of rotatable bonds is 3. The molecule has 1 aromatic carbocycles. The summed E-state index contributed by atoms with van der Waals surface area (Å²) in [4.78, 5) is 7.10. The first-order valence-corrected chi connectivity index (χ1v) is 8.75. The van der Waals surface area contributed by atoms with Crippen molar-refractivity contribution in [3.63, 3.8) is 0 Å². The Kier molecular flexibility index (Phi) is 5.50. The molecule has 0 amide bonds. The third-order valence-corrected chi connectivity index (χ3v) is 5.47. The number of hydrogen-bond acceptors (Lipinski definition) is 4. The molecular formula is C18H23Cl2N3O. The lowest BCUT2D eigenvalue weighted by molar-refractivity contribution is 0.259. The summed E-state index contributed by atoms with van der Waals surface area (Å²) in [5.41, 5.74) is 8.19. The zero-order valence-corrected chi connectivity index (χ0v) is 15.1. The van der Waals surface area contributed by atoms with Gasteiger partial charge in [0.05, 0.1) is 5.69 Å². The van der Waals surface area contributed by atoms with Crippen LogP contribution in [0.1, 0.15) is 25.0 Å². The number of likely N-dealkylation sites (tertiary alicyclic amines) is 1. The normalized spacial score (nSPS) is 26.8. The third-order valence-electron chi connectivity index (χ3n) is 5.24. The van der Waals surface area contributed by atoms with Crippen LogP contribution >= 0.6 is 24.0 Å². The van der Waals surface area contributed by atoms with Crippen molar-refractivity contribution in [1.82, 2.24) is 9.88 Å². The third kappa shape index (κ3) is 3.62. The van der Waals surface area contributed by atoms with Crippen molar-refractivity contribution < 1.29 is 4.42 Å². The van der Waals surface area contributed by atoms with Gasteiger partial charge in [0.25, 0.3) is 0 Å². The Morgan fingerprint density at radius 3 is 2.96 bits per heavy atom. The SMILES string of the molecule is Cl.NC1CCCC2CN(Cc3coc(-c4cccc(Cl)c4)n3)CC12. The highest BCUT2D eigenvalue weighted by Crippen LogP contribution is 2.36. The van der Waals surface area contributed by atoms with Crippen LogP contribution in [0.3, 0.4) is 0 Å². The van der Waals surface area contributed by atoms with Crippen LogP contribution in [0.15, 0.2) is 34.9 Å². The van der Waals surface area contributed by atoms with Crippen molar-refractivity contribution >= 4 is 24.0 Å². The average Bonchev–Trinajstić information content (AvgIpc) is 3.15. The minimum Gasteiger partial charge on any atom is -0.444 e. The van der Waals surface area contributed by atoms with Crippen LogP contribution in [0.5, 0.6) is 0 Å². The van der Waals surface area contributed by atoms with Gasteiger partial charge < -0.3 is 10.2 Å². The fourth-order valence-electron chi connectivity index (χ4n) is 4.10. The van der Waals surface area contributed by atoms with Crippen LogP contribution in [0.4, 0.5) is 0 Å². The molecule has 4 rings (SSSR count). The summed E-state index contributed by atoms with van der Waals surface area (Å²) >= 11 is 6.03. The number of fused-ring (bicyclic) bond motifs is 1. The number of hydrogen-bond donors (Lipinski definition) is 1. The van der Waals surface area contributed by atoms with Gasteiger partial charge in [-0.3, -0.25) is 4.90 Å². The van der Waals surface area contributed by atoms with Gasteiger partial charge in [-0.1, -0.05) is 24.1 Å². The molecule has 1 saturated carbocycles. The molecule has 1 aliphatic heterocycles. The van der Waals surface area contributed by atoms with E-state index < -0.39 is 0 Å². The number of nitrogens with two attached hydrogens (primary N) is 1. The molecule has 6 heteroatoms. The molecule has 3 atom stereocenters. The van der Waals surface area contributed by atoms with Gasteiger partial charge in [-0.2, -0.15) is 0 Å². The Labute approximate surface area is 153 Å². The number of nitrogens with zero attached hydrogens (tertiary/aromatic N) is 2. The van der Waals surface area contributed by atoms with Crippen molar-refractivity contribution in [3.05, 3.63) is 41.2 Å². The highest BCUT2D eigenvalue weighted by molar-refractivity contribution is 6.30. The smallest absolute Gasteiger partial charge is 0.226 e. The molecule has 0 radical (unpaired) electrons. The molecule has 2 fully saturated rings. The zero-order chi connectivity index (χ0) is 15.8. The summed E-state index contributed by atoms with van der Waals surface area (Å²) in [6, 6.07) is 7.97. The minimum atomic E-state index is 0. The van der Waals surface area contributed by atoms with E-state index in [-0.39, 0.29) is 12.4 Å². The summed E-state index contributed by atoms with van der Waals surface area (Å²) in [6.45, 7) is 3.06. The van der Waals surface area contributed by atoms with Crippen LogP contribution in [0.25, 0.3) is 11.5 Å². The maximum absolute atomic E-state index is 6.30. The molecule has 3 unspecified atom stereocenters. The predicted molar refractivity (Wildman–Crippen MR) is 98.3 cm³/mol. The van der Waals surface area contributed by atoms with Crippen LogP contribution < -0.4 is 5.73 Å². The van der Waals surface area contributed by atoms with Crippen molar-refractivity contribution in [2.75, 3.05) is 13.1 Å². The highest BCUT2D eigenvalue weighted by Gasteiger charge is 2.38. The monoisotopic (exact) mass is 367 g/mol. The standard InChI is InChI=1S/C18H22ClN3O.ClH/c19-14-5-1-3-12(7-14)18-21-15(11-23-18)9-22-8-13-4-2-6-17(20)16(13)10-22;/h1,3,5,7,11,13,16-17H,2,4,6,8-10,20H2;1H. The van der Waals surface area contributed by atoms with Crippen molar-refractivity contribution in [3.8, 4) is 11.5 Å². The molecule has 1 aliphatic carbocycles. The van der Waals surface area contributed by atoms with Gasteiger partial charge in [0.15, 0.2) is 0 Å². The van der Waals surface area contributed by atoms with E-state index in [1.165, 1.54) is 19.3 Å². The zero-order valence-electron chi connectivity index (χ0n) is 13.5. The average molecular weight is 368 g/mol. The van der Waals surface area contributed by atoms with Crippen LogP contribution in [-0.4, -0.2) is 29.0 Å². The Morgan fingerprint density at radius 2 is 2.17 bits per heavy atom. The quantitative estimate of drug-likeness (QED) is 0.891. The topological polar surface area (TPSA) is 55.3 Å². The van der Waals surface area contributed by atoms with Gasteiger partial charge in [0.2, 0.25) is 5.89 Å². The Morgan fingerprint density at radius 1 is 1.29 bits per heavy atom. The van der Waals surface area contributed by atoms with Crippen LogP contribution in [0, 0.1) is 11.8 Å². The van der Waals surface area contributed by atoms with Crippen molar-refractivity contribution in [2.24, 2.45) is 17.6 Å². The molecule has 2 heterocycles. The number of aromatic nitrogens is 1. The number of halogens is 2. The lowest BCUT2D eigenvalue weighted by Gasteiger charge is -2.29. The molecular weight excluding hydrogens is 345 g/mol. The second-order valence-electron chi connectivity index (χ2n) is 6.87. The summed E-state index contributed by atoms with van der Waals surface area (Å²) in [6.07, 6.45) is 5.54. The van der Waals surface area contributed by atoms with Gasteiger partial charge in [0, 0.05) is 36.3 Å². The molecule has 24 heavy (non-hydrogen) atoms. The first-order valence-electron chi connectivity index (χ1n) is 8.37. The number of oxazole rings is 1. The van der Waals surface area contributed by atoms with E-state index in [0.717, 1.165) is 36.8 Å². The van der Waals surface area contributed by atoms with E-state index in [4.69, 9.17) is 21.8 Å². The molecule has 2 N–H and O–H groups in total. The van der Waals surface area contributed by atoms with E-state index in [2.05, 4.69) is 9.88 Å². The molecule has 0 spiro atoms. The second kappa shape index (κ2) is 7.44. The predicted octanol–water partition coefficient (Wildman–Crippen LogP) is 3.98. The summed E-state index contributed by atoms with van der Waals surface area (Å²) in [5.74, 6) is 2.05. The Bertz CT molecular complexity index is 690. The van der Waals surface area contributed by atoms with Gasteiger partial charge in [-0.25, -0.2) is 4.98 Å². The lowest BCUT2D eigenvalue weighted by atomic mass is 9.78.